The Bertz CT molecular complexity index is 459. The summed E-state index contributed by atoms with van der Waals surface area (Å²) >= 11 is 7.11. The van der Waals surface area contributed by atoms with E-state index in [-0.39, 0.29) is 6.54 Å². The van der Waals surface area contributed by atoms with Crippen LogP contribution in [0.15, 0.2) is 28.0 Å². The smallest absolute Gasteiger partial charge is 0.276 e. The standard InChI is InChI=1S/C9H9ClN4OS/c10-7-2-1-6(4-12-7)5-16-9-14-13-8(3-11)15-9/h1-2,4H,3,5,11H2. The highest BCUT2D eigenvalue weighted by atomic mass is 35.5. The zero-order valence-electron chi connectivity index (χ0n) is 8.26. The van der Waals surface area contributed by atoms with Gasteiger partial charge >= 0.3 is 0 Å². The van der Waals surface area contributed by atoms with Gasteiger partial charge in [-0.3, -0.25) is 0 Å². The van der Waals surface area contributed by atoms with E-state index in [1.807, 2.05) is 6.07 Å². The maximum absolute atomic E-state index is 5.68. The molecular weight excluding hydrogens is 248 g/mol. The Morgan fingerprint density at radius 1 is 1.38 bits per heavy atom. The fourth-order valence-corrected chi connectivity index (χ4v) is 1.84. The fourth-order valence-electron chi connectivity index (χ4n) is 1.02. The van der Waals surface area contributed by atoms with E-state index in [2.05, 4.69) is 15.2 Å². The third-order valence-electron chi connectivity index (χ3n) is 1.77. The first-order valence-electron chi connectivity index (χ1n) is 4.53. The van der Waals surface area contributed by atoms with Gasteiger partial charge in [0.05, 0.1) is 6.54 Å². The van der Waals surface area contributed by atoms with Gasteiger partial charge in [-0.1, -0.05) is 29.4 Å². The van der Waals surface area contributed by atoms with Crippen LogP contribution < -0.4 is 5.73 Å². The average molecular weight is 257 g/mol. The third kappa shape index (κ3) is 2.94. The maximum Gasteiger partial charge on any atom is 0.276 e. The molecule has 84 valence electrons. The molecule has 0 fully saturated rings. The lowest BCUT2D eigenvalue weighted by Crippen LogP contribution is -1.95. The number of nitrogens with zero attached hydrogens (tertiary/aromatic N) is 3. The molecule has 7 heteroatoms. The number of hydrogen-bond acceptors (Lipinski definition) is 6. The van der Waals surface area contributed by atoms with Gasteiger partial charge in [-0.2, -0.15) is 0 Å². The second-order valence-electron chi connectivity index (χ2n) is 2.94. The first kappa shape index (κ1) is 11.4. The van der Waals surface area contributed by atoms with Crippen LogP contribution in [0.5, 0.6) is 0 Å². The van der Waals surface area contributed by atoms with Crippen molar-refractivity contribution in [3.63, 3.8) is 0 Å². The molecule has 0 saturated heterocycles. The Morgan fingerprint density at radius 2 is 2.25 bits per heavy atom. The second-order valence-corrected chi connectivity index (χ2v) is 4.26. The van der Waals surface area contributed by atoms with E-state index in [4.69, 9.17) is 21.8 Å². The lowest BCUT2D eigenvalue weighted by atomic mass is 10.3. The third-order valence-corrected chi connectivity index (χ3v) is 2.89. The van der Waals surface area contributed by atoms with Crippen molar-refractivity contribution in [3.8, 4) is 0 Å². The van der Waals surface area contributed by atoms with E-state index < -0.39 is 0 Å². The van der Waals surface area contributed by atoms with Gasteiger partial charge in [0.15, 0.2) is 0 Å². The Labute approximate surface area is 101 Å². The van der Waals surface area contributed by atoms with Crippen LogP contribution in [0.1, 0.15) is 11.5 Å². The zero-order chi connectivity index (χ0) is 11.4. The first-order valence-corrected chi connectivity index (χ1v) is 5.90. The summed E-state index contributed by atoms with van der Waals surface area (Å²) in [5.74, 6) is 1.15. The van der Waals surface area contributed by atoms with Gasteiger partial charge in [0.25, 0.3) is 5.22 Å². The van der Waals surface area contributed by atoms with Crippen molar-refractivity contribution in [1.29, 1.82) is 0 Å². The number of rotatable bonds is 4. The van der Waals surface area contributed by atoms with Crippen molar-refractivity contribution in [3.05, 3.63) is 34.9 Å². The van der Waals surface area contributed by atoms with E-state index in [1.165, 1.54) is 11.8 Å². The number of hydrogen-bond donors (Lipinski definition) is 1. The summed E-state index contributed by atoms with van der Waals surface area (Å²) in [6.45, 7) is 0.260. The number of aromatic nitrogens is 3. The van der Waals surface area contributed by atoms with Crippen molar-refractivity contribution in [2.24, 2.45) is 5.73 Å². The molecule has 0 aliphatic heterocycles. The molecule has 0 saturated carbocycles. The van der Waals surface area contributed by atoms with E-state index >= 15 is 0 Å². The minimum absolute atomic E-state index is 0.260. The molecule has 2 aromatic heterocycles. The van der Waals surface area contributed by atoms with Crippen molar-refractivity contribution in [2.45, 2.75) is 17.5 Å². The van der Waals surface area contributed by atoms with Gasteiger partial charge < -0.3 is 10.2 Å². The van der Waals surface area contributed by atoms with E-state index in [0.29, 0.717) is 22.0 Å². The molecule has 0 spiro atoms. The topological polar surface area (TPSA) is 77.8 Å². The molecule has 5 nitrogen and oxygen atoms in total. The number of nitrogens with two attached hydrogens (primary N) is 1. The lowest BCUT2D eigenvalue weighted by molar-refractivity contribution is 0.415. The van der Waals surface area contributed by atoms with E-state index in [1.54, 1.807) is 12.3 Å². The molecular formula is C9H9ClN4OS. The normalized spacial score (nSPS) is 10.6. The Hall–Kier alpha value is -1.11. The highest BCUT2D eigenvalue weighted by Gasteiger charge is 2.05. The minimum Gasteiger partial charge on any atom is -0.415 e. The quantitative estimate of drug-likeness (QED) is 0.665. The molecule has 0 radical (unpaired) electrons. The highest BCUT2D eigenvalue weighted by Crippen LogP contribution is 2.21. The molecule has 0 unspecified atom stereocenters. The molecule has 0 bridgehead atoms. The monoisotopic (exact) mass is 256 g/mol. The maximum atomic E-state index is 5.68. The number of thioether (sulfide) groups is 1. The summed E-state index contributed by atoms with van der Waals surface area (Å²) in [5.41, 5.74) is 6.40. The van der Waals surface area contributed by atoms with E-state index in [9.17, 15) is 0 Å². The lowest BCUT2D eigenvalue weighted by Gasteiger charge is -1.97. The molecule has 2 rings (SSSR count). The Morgan fingerprint density at radius 3 is 2.88 bits per heavy atom. The second kappa shape index (κ2) is 5.29. The van der Waals surface area contributed by atoms with Crippen LogP contribution in [0.25, 0.3) is 0 Å². The molecule has 2 heterocycles. The van der Waals surface area contributed by atoms with Crippen LogP contribution in [0.3, 0.4) is 0 Å². The molecule has 0 aromatic carbocycles. The van der Waals surface area contributed by atoms with Gasteiger partial charge in [0, 0.05) is 11.9 Å². The van der Waals surface area contributed by atoms with Crippen LogP contribution in [-0.4, -0.2) is 15.2 Å². The van der Waals surface area contributed by atoms with Gasteiger partial charge in [-0.25, -0.2) is 4.98 Å². The summed E-state index contributed by atoms with van der Waals surface area (Å²) in [7, 11) is 0. The zero-order valence-corrected chi connectivity index (χ0v) is 9.83. The van der Waals surface area contributed by atoms with Crippen LogP contribution in [0.2, 0.25) is 5.15 Å². The predicted octanol–water partition coefficient (Wildman–Crippen LogP) is 1.87. The Balaban J connectivity index is 1.94. The molecule has 0 aliphatic rings. The molecule has 2 aromatic rings. The van der Waals surface area contributed by atoms with Crippen LogP contribution in [-0.2, 0) is 12.3 Å². The molecule has 0 aliphatic carbocycles. The van der Waals surface area contributed by atoms with Gasteiger partial charge in [0.1, 0.15) is 5.15 Å². The van der Waals surface area contributed by atoms with Gasteiger partial charge in [0.2, 0.25) is 5.89 Å². The highest BCUT2D eigenvalue weighted by molar-refractivity contribution is 7.98. The average Bonchev–Trinajstić information content (AvgIpc) is 2.76. The SMILES string of the molecule is NCc1nnc(SCc2ccc(Cl)nc2)o1. The van der Waals surface area contributed by atoms with Crippen LogP contribution >= 0.6 is 23.4 Å². The number of pyridine rings is 1. The molecule has 0 amide bonds. The van der Waals surface area contributed by atoms with E-state index in [0.717, 1.165) is 5.56 Å². The van der Waals surface area contributed by atoms with Crippen molar-refractivity contribution >= 4 is 23.4 Å². The van der Waals surface area contributed by atoms with Crippen LogP contribution in [0, 0.1) is 0 Å². The fraction of sp³-hybridized carbons (Fsp3) is 0.222. The van der Waals surface area contributed by atoms with Crippen molar-refractivity contribution < 1.29 is 4.42 Å². The van der Waals surface area contributed by atoms with Crippen LogP contribution in [0.4, 0.5) is 0 Å². The number of halogens is 1. The summed E-state index contributed by atoms with van der Waals surface area (Å²) in [6.07, 6.45) is 1.72. The molecule has 2 N–H and O–H groups in total. The minimum atomic E-state index is 0.260. The van der Waals surface area contributed by atoms with Gasteiger partial charge in [-0.05, 0) is 11.6 Å². The predicted molar refractivity (Wildman–Crippen MR) is 61.0 cm³/mol. The summed E-state index contributed by atoms with van der Waals surface area (Å²) in [6, 6.07) is 3.65. The summed E-state index contributed by atoms with van der Waals surface area (Å²) in [5, 5.41) is 8.59. The molecule has 16 heavy (non-hydrogen) atoms. The molecule has 0 atom stereocenters. The summed E-state index contributed by atoms with van der Waals surface area (Å²) < 4.78 is 5.25. The Kier molecular flexibility index (Phi) is 3.76. The van der Waals surface area contributed by atoms with Crippen molar-refractivity contribution in [1.82, 2.24) is 15.2 Å². The largest absolute Gasteiger partial charge is 0.415 e. The van der Waals surface area contributed by atoms with Crippen molar-refractivity contribution in [2.75, 3.05) is 0 Å². The summed E-state index contributed by atoms with van der Waals surface area (Å²) in [4.78, 5) is 3.98. The van der Waals surface area contributed by atoms with Gasteiger partial charge in [-0.15, -0.1) is 10.2 Å². The first-order chi connectivity index (χ1) is 7.78.